The number of aromatic hydroxyl groups is 7. The van der Waals surface area contributed by atoms with Gasteiger partial charge in [-0.15, -0.1) is 0 Å². The van der Waals surface area contributed by atoms with Crippen LogP contribution in [0.4, 0.5) is 0 Å². The number of phenols is 7. The number of benzene rings is 3. The molecule has 3 aromatic carbocycles. The standard InChI is InChI=1S/C28H24O15/c1-9-20(35)25(42-27(39)11-5-16(33)21(36)17(34)6-11)23(38)28(40-9)43-26-22(37)19-15(32)7-12(29)8-18(19)41-24(26)10-2-3-13(30)14(31)4-10/h2-9,20,23,25,28-36,38H,1H3/t9-,20+,23-,25-,28+/m1/s1. The summed E-state index contributed by atoms with van der Waals surface area (Å²) in [5.74, 6) is -7.13. The van der Waals surface area contributed by atoms with Gasteiger partial charge in [-0.05, 0) is 37.3 Å². The van der Waals surface area contributed by atoms with Crippen molar-refractivity contribution in [3.8, 4) is 57.3 Å². The molecule has 4 aromatic rings. The zero-order valence-electron chi connectivity index (χ0n) is 21.9. The van der Waals surface area contributed by atoms with Gasteiger partial charge in [0.25, 0.3) is 0 Å². The summed E-state index contributed by atoms with van der Waals surface area (Å²) in [4.78, 5) is 26.4. The number of esters is 1. The number of fused-ring (bicyclic) bond motifs is 1. The second-order valence-corrected chi connectivity index (χ2v) is 9.67. The Bertz CT molecular complexity index is 1770. The van der Waals surface area contributed by atoms with Gasteiger partial charge in [-0.25, -0.2) is 4.79 Å². The first-order valence-electron chi connectivity index (χ1n) is 12.5. The predicted octanol–water partition coefficient (Wildman–Crippen LogP) is 1.47. The maximum atomic E-state index is 13.6. The van der Waals surface area contributed by atoms with Crippen LogP contribution in [-0.2, 0) is 9.47 Å². The van der Waals surface area contributed by atoms with Crippen molar-refractivity contribution in [2.45, 2.75) is 37.6 Å². The normalized spacial score (nSPS) is 21.9. The van der Waals surface area contributed by atoms with Crippen molar-refractivity contribution in [2.24, 2.45) is 0 Å². The lowest BCUT2D eigenvalue weighted by Gasteiger charge is -2.40. The fourth-order valence-electron chi connectivity index (χ4n) is 4.49. The summed E-state index contributed by atoms with van der Waals surface area (Å²) >= 11 is 0. The number of ether oxygens (including phenoxy) is 3. The summed E-state index contributed by atoms with van der Waals surface area (Å²) in [7, 11) is 0. The van der Waals surface area contributed by atoms with Gasteiger partial charge in [-0.3, -0.25) is 4.79 Å². The van der Waals surface area contributed by atoms with Crippen LogP contribution in [-0.4, -0.2) is 82.6 Å². The van der Waals surface area contributed by atoms with Crippen molar-refractivity contribution < 1.29 is 69.4 Å². The Morgan fingerprint density at radius 3 is 2.14 bits per heavy atom. The van der Waals surface area contributed by atoms with Crippen molar-refractivity contribution in [3.05, 3.63) is 58.3 Å². The van der Waals surface area contributed by atoms with Gasteiger partial charge in [-0.2, -0.15) is 0 Å². The SMILES string of the molecule is C[C@H]1O[C@@H](Oc2c(-c3ccc(O)c(O)c3)oc3cc(O)cc(O)c3c2=O)[C@H](O)[C@H](OC(=O)c2cc(O)c(O)c(O)c2)[C@H]1O. The van der Waals surface area contributed by atoms with Gasteiger partial charge in [0.05, 0.1) is 11.7 Å². The molecule has 9 N–H and O–H groups in total. The van der Waals surface area contributed by atoms with Crippen molar-refractivity contribution >= 4 is 16.9 Å². The van der Waals surface area contributed by atoms with Crippen LogP contribution in [0, 0.1) is 0 Å². The molecule has 226 valence electrons. The summed E-state index contributed by atoms with van der Waals surface area (Å²) in [6.45, 7) is 1.34. The maximum absolute atomic E-state index is 13.6. The number of carbonyl (C=O) groups excluding carboxylic acids is 1. The lowest BCUT2D eigenvalue weighted by atomic mass is 9.99. The molecule has 0 radical (unpaired) electrons. The molecular weight excluding hydrogens is 576 g/mol. The molecule has 15 heteroatoms. The lowest BCUT2D eigenvalue weighted by molar-refractivity contribution is -0.267. The molecule has 0 spiro atoms. The Morgan fingerprint density at radius 2 is 1.49 bits per heavy atom. The number of aliphatic hydroxyl groups excluding tert-OH is 2. The largest absolute Gasteiger partial charge is 0.508 e. The summed E-state index contributed by atoms with van der Waals surface area (Å²) < 4.78 is 22.2. The van der Waals surface area contributed by atoms with E-state index in [9.17, 15) is 55.5 Å². The minimum Gasteiger partial charge on any atom is -0.508 e. The van der Waals surface area contributed by atoms with E-state index in [1.165, 1.54) is 13.0 Å². The molecule has 0 aliphatic carbocycles. The molecule has 0 saturated carbocycles. The monoisotopic (exact) mass is 600 g/mol. The number of carbonyl (C=O) groups is 1. The average molecular weight is 600 g/mol. The van der Waals surface area contributed by atoms with Crippen molar-refractivity contribution in [1.29, 1.82) is 0 Å². The Balaban J connectivity index is 1.55. The van der Waals surface area contributed by atoms with E-state index in [0.717, 1.165) is 36.4 Å². The summed E-state index contributed by atoms with van der Waals surface area (Å²) in [5, 5.41) is 90.3. The fourth-order valence-corrected chi connectivity index (χ4v) is 4.49. The van der Waals surface area contributed by atoms with Crippen LogP contribution in [0.25, 0.3) is 22.3 Å². The van der Waals surface area contributed by atoms with E-state index in [1.54, 1.807) is 0 Å². The summed E-state index contributed by atoms with van der Waals surface area (Å²) in [6, 6.07) is 6.79. The second-order valence-electron chi connectivity index (χ2n) is 9.67. The van der Waals surface area contributed by atoms with E-state index >= 15 is 0 Å². The van der Waals surface area contributed by atoms with Gasteiger partial charge in [0.2, 0.25) is 17.5 Å². The fraction of sp³-hybridized carbons (Fsp3) is 0.214. The minimum absolute atomic E-state index is 0.0274. The molecule has 2 heterocycles. The summed E-state index contributed by atoms with van der Waals surface area (Å²) in [5.41, 5.74) is -1.79. The van der Waals surface area contributed by atoms with E-state index in [4.69, 9.17) is 18.6 Å². The Labute approximate surface area is 239 Å². The number of rotatable bonds is 5. The highest BCUT2D eigenvalue weighted by molar-refractivity contribution is 5.91. The van der Waals surface area contributed by atoms with Crippen LogP contribution >= 0.6 is 0 Å². The highest BCUT2D eigenvalue weighted by Crippen LogP contribution is 2.40. The van der Waals surface area contributed by atoms with Gasteiger partial charge in [0, 0.05) is 17.7 Å². The Kier molecular flexibility index (Phi) is 7.31. The van der Waals surface area contributed by atoms with E-state index in [1.807, 2.05) is 0 Å². The molecule has 43 heavy (non-hydrogen) atoms. The number of phenolic OH excluding ortho intramolecular Hbond substituents is 7. The molecular formula is C28H24O15. The molecule has 1 aliphatic rings. The number of hydrogen-bond donors (Lipinski definition) is 9. The third-order valence-corrected chi connectivity index (χ3v) is 6.72. The minimum atomic E-state index is -1.99. The molecule has 0 unspecified atom stereocenters. The van der Waals surface area contributed by atoms with Gasteiger partial charge in [0.15, 0.2) is 46.7 Å². The zero-order chi connectivity index (χ0) is 31.3. The van der Waals surface area contributed by atoms with Crippen LogP contribution in [0.3, 0.4) is 0 Å². The van der Waals surface area contributed by atoms with E-state index in [0.29, 0.717) is 0 Å². The summed E-state index contributed by atoms with van der Waals surface area (Å²) in [6.07, 6.45) is -8.42. The zero-order valence-corrected chi connectivity index (χ0v) is 21.9. The van der Waals surface area contributed by atoms with Crippen LogP contribution in [0.15, 0.2) is 51.7 Å². The van der Waals surface area contributed by atoms with Crippen molar-refractivity contribution in [2.75, 3.05) is 0 Å². The second kappa shape index (κ2) is 10.8. The quantitative estimate of drug-likeness (QED) is 0.116. The van der Waals surface area contributed by atoms with E-state index < -0.39 is 105 Å². The van der Waals surface area contributed by atoms with Gasteiger partial charge < -0.3 is 64.6 Å². The van der Waals surface area contributed by atoms with Crippen LogP contribution in [0.5, 0.6) is 46.0 Å². The lowest BCUT2D eigenvalue weighted by Crippen LogP contribution is -2.59. The molecule has 1 aliphatic heterocycles. The highest BCUT2D eigenvalue weighted by atomic mass is 16.7. The first kappa shape index (κ1) is 29.1. The average Bonchev–Trinajstić information content (AvgIpc) is 2.94. The third-order valence-electron chi connectivity index (χ3n) is 6.72. The van der Waals surface area contributed by atoms with Gasteiger partial charge >= 0.3 is 5.97 Å². The molecule has 5 rings (SSSR count). The number of hydrogen-bond acceptors (Lipinski definition) is 15. The highest BCUT2D eigenvalue weighted by Gasteiger charge is 2.47. The molecule has 15 nitrogen and oxygen atoms in total. The molecule has 5 atom stereocenters. The van der Waals surface area contributed by atoms with E-state index in [-0.39, 0.29) is 11.1 Å². The molecule has 1 fully saturated rings. The van der Waals surface area contributed by atoms with Gasteiger partial charge in [-0.1, -0.05) is 0 Å². The Morgan fingerprint density at radius 1 is 0.814 bits per heavy atom. The van der Waals surface area contributed by atoms with Crippen molar-refractivity contribution in [3.63, 3.8) is 0 Å². The van der Waals surface area contributed by atoms with Crippen LogP contribution in [0.1, 0.15) is 17.3 Å². The first-order valence-corrected chi connectivity index (χ1v) is 12.5. The number of aliphatic hydroxyl groups is 2. The smallest absolute Gasteiger partial charge is 0.338 e. The van der Waals surface area contributed by atoms with Crippen LogP contribution < -0.4 is 10.2 Å². The van der Waals surface area contributed by atoms with Gasteiger partial charge in [0.1, 0.15) is 28.6 Å². The molecule has 0 amide bonds. The third kappa shape index (κ3) is 5.23. The first-order chi connectivity index (χ1) is 20.3. The Hall–Kier alpha value is -5.38. The maximum Gasteiger partial charge on any atom is 0.338 e. The molecule has 0 bridgehead atoms. The predicted molar refractivity (Wildman–Crippen MR) is 142 cm³/mol. The molecule has 1 saturated heterocycles. The van der Waals surface area contributed by atoms with Crippen molar-refractivity contribution in [1.82, 2.24) is 0 Å². The topological polar surface area (TPSA) is 257 Å². The molecule has 1 aromatic heterocycles. The van der Waals surface area contributed by atoms with Crippen LogP contribution in [0.2, 0.25) is 0 Å². The van der Waals surface area contributed by atoms with E-state index in [2.05, 4.69) is 0 Å².